The predicted octanol–water partition coefficient (Wildman–Crippen LogP) is 10.9. The van der Waals surface area contributed by atoms with Crippen molar-refractivity contribution in [2.45, 2.75) is 217 Å². The number of aliphatic hydroxyl groups is 5. The van der Waals surface area contributed by atoms with Gasteiger partial charge >= 0.3 is 13.8 Å². The van der Waals surface area contributed by atoms with E-state index in [1.54, 1.807) is 0 Å². The molecule has 0 aliphatic heterocycles. The van der Waals surface area contributed by atoms with E-state index in [4.69, 9.17) is 18.5 Å². The number of aliphatic hydroxyl groups excluding tert-OH is 5. The van der Waals surface area contributed by atoms with Crippen LogP contribution in [0.15, 0.2) is 85.1 Å². The number of carbonyl (C=O) groups excluding carboxylic acids is 1. The van der Waals surface area contributed by atoms with Gasteiger partial charge in [-0.15, -0.1) is 0 Å². The van der Waals surface area contributed by atoms with Crippen LogP contribution in [-0.2, 0) is 27.9 Å². The SMILES string of the molecule is CC/C=C\C/C=C\C/C=C\C/C=C\C/C=C\C/C=C\CCCCC(=O)OC(COCCCCCCCC/C=C\CCCCCCCCC)COP(=O)(O)OC1C(O)C(O)C(O)C(O)C1O. The number of hydrogen-bond acceptors (Lipinski definition) is 11. The largest absolute Gasteiger partial charge is 0.472 e. The van der Waals surface area contributed by atoms with E-state index in [1.807, 2.05) is 0 Å². The van der Waals surface area contributed by atoms with Gasteiger partial charge in [0.2, 0.25) is 0 Å². The van der Waals surface area contributed by atoms with E-state index < -0.39 is 63.1 Å². The monoisotopic (exact) mass is 937 g/mol. The molecular formula is C52H89O12P. The van der Waals surface area contributed by atoms with Crippen molar-refractivity contribution in [3.63, 3.8) is 0 Å². The van der Waals surface area contributed by atoms with Gasteiger partial charge in [0.15, 0.2) is 0 Å². The first-order chi connectivity index (χ1) is 31.5. The molecule has 0 aromatic heterocycles. The Morgan fingerprint density at radius 3 is 1.40 bits per heavy atom. The average Bonchev–Trinajstić information content (AvgIpc) is 3.29. The minimum Gasteiger partial charge on any atom is -0.457 e. The van der Waals surface area contributed by atoms with Crippen molar-refractivity contribution in [3.8, 4) is 0 Å². The van der Waals surface area contributed by atoms with Crippen LogP contribution in [0.25, 0.3) is 0 Å². The summed E-state index contributed by atoms with van der Waals surface area (Å²) < 4.78 is 34.2. The highest BCUT2D eigenvalue weighted by Gasteiger charge is 2.51. The summed E-state index contributed by atoms with van der Waals surface area (Å²) in [6.07, 6.45) is 43.6. The van der Waals surface area contributed by atoms with E-state index in [0.29, 0.717) is 13.0 Å². The first kappa shape index (κ1) is 60.5. The Labute approximate surface area is 392 Å². The van der Waals surface area contributed by atoms with Crippen LogP contribution in [0.1, 0.15) is 174 Å². The number of phosphoric ester groups is 1. The number of rotatable bonds is 41. The molecular weight excluding hydrogens is 848 g/mol. The average molecular weight is 937 g/mol. The third-order valence-corrected chi connectivity index (χ3v) is 12.0. The van der Waals surface area contributed by atoms with Crippen molar-refractivity contribution in [2.24, 2.45) is 0 Å². The molecule has 13 heteroatoms. The summed E-state index contributed by atoms with van der Waals surface area (Å²) in [7, 11) is -5.04. The van der Waals surface area contributed by atoms with Crippen molar-refractivity contribution in [1.29, 1.82) is 0 Å². The quantitative estimate of drug-likeness (QED) is 0.0147. The van der Waals surface area contributed by atoms with Crippen LogP contribution in [-0.4, -0.2) is 98.9 Å². The molecule has 6 unspecified atom stereocenters. The molecule has 6 atom stereocenters. The Balaban J connectivity index is 2.42. The highest BCUT2D eigenvalue weighted by atomic mass is 31.2. The first-order valence-electron chi connectivity index (χ1n) is 24.9. The van der Waals surface area contributed by atoms with Crippen LogP contribution in [0, 0.1) is 0 Å². The topological polar surface area (TPSA) is 192 Å². The number of ether oxygens (including phenoxy) is 2. The van der Waals surface area contributed by atoms with Crippen LogP contribution >= 0.6 is 7.82 Å². The lowest BCUT2D eigenvalue weighted by molar-refractivity contribution is -0.220. The molecule has 0 amide bonds. The fourth-order valence-corrected chi connectivity index (χ4v) is 8.03. The number of esters is 1. The van der Waals surface area contributed by atoms with E-state index in [-0.39, 0.29) is 13.0 Å². The van der Waals surface area contributed by atoms with E-state index >= 15 is 0 Å². The summed E-state index contributed by atoms with van der Waals surface area (Å²) in [5, 5.41) is 50.3. The molecule has 6 N–H and O–H groups in total. The van der Waals surface area contributed by atoms with E-state index in [9.17, 15) is 39.8 Å². The maximum atomic E-state index is 12.8. The fraction of sp³-hybridized carbons (Fsp3) is 0.712. The number of unbranched alkanes of at least 4 members (excludes halogenated alkanes) is 15. The van der Waals surface area contributed by atoms with Gasteiger partial charge in [0.05, 0.1) is 13.2 Å². The molecule has 1 rings (SSSR count). The lowest BCUT2D eigenvalue weighted by atomic mass is 9.85. The van der Waals surface area contributed by atoms with Crippen LogP contribution in [0.4, 0.5) is 0 Å². The van der Waals surface area contributed by atoms with Gasteiger partial charge in [-0.05, 0) is 89.9 Å². The van der Waals surface area contributed by atoms with Crippen LogP contribution < -0.4 is 0 Å². The summed E-state index contributed by atoms with van der Waals surface area (Å²) in [6.45, 7) is 4.08. The number of phosphoric acid groups is 1. The predicted molar refractivity (Wildman–Crippen MR) is 262 cm³/mol. The van der Waals surface area contributed by atoms with Gasteiger partial charge in [0.25, 0.3) is 0 Å². The molecule has 374 valence electrons. The molecule has 65 heavy (non-hydrogen) atoms. The van der Waals surface area contributed by atoms with E-state index in [1.165, 1.54) is 64.2 Å². The second-order valence-electron chi connectivity index (χ2n) is 16.9. The van der Waals surface area contributed by atoms with Crippen molar-refractivity contribution in [2.75, 3.05) is 19.8 Å². The lowest BCUT2D eigenvalue weighted by Gasteiger charge is -2.41. The second kappa shape index (κ2) is 41.7. The zero-order chi connectivity index (χ0) is 47.6. The normalized spacial score (nSPS) is 22.3. The Kier molecular flexibility index (Phi) is 38.8. The molecule has 1 saturated carbocycles. The molecule has 0 heterocycles. The van der Waals surface area contributed by atoms with Crippen molar-refractivity contribution >= 4 is 13.8 Å². The molecule has 1 aliphatic rings. The highest BCUT2D eigenvalue weighted by Crippen LogP contribution is 2.47. The van der Waals surface area contributed by atoms with E-state index in [0.717, 1.165) is 83.5 Å². The van der Waals surface area contributed by atoms with Crippen LogP contribution in [0.2, 0.25) is 0 Å². The molecule has 0 saturated heterocycles. The van der Waals surface area contributed by atoms with Gasteiger partial charge in [-0.25, -0.2) is 4.57 Å². The molecule has 0 spiro atoms. The smallest absolute Gasteiger partial charge is 0.457 e. The van der Waals surface area contributed by atoms with Gasteiger partial charge < -0.3 is 39.9 Å². The minimum atomic E-state index is -5.04. The van der Waals surface area contributed by atoms with Crippen molar-refractivity contribution in [3.05, 3.63) is 85.1 Å². The van der Waals surface area contributed by atoms with Crippen molar-refractivity contribution < 1.29 is 58.3 Å². The number of allylic oxidation sites excluding steroid dienone is 14. The summed E-state index contributed by atoms with van der Waals surface area (Å²) in [5.41, 5.74) is 0. The maximum Gasteiger partial charge on any atom is 0.472 e. The number of carbonyl (C=O) groups is 1. The molecule has 0 bridgehead atoms. The standard InChI is InChI=1S/C52H89O12P/c1-3-5-7-9-11-13-15-17-19-21-22-23-24-25-27-29-31-33-35-37-39-41-46(53)63-45(44-62-65(59,60)64-52-50(57)48(55)47(54)49(56)51(52)58)43-61-42-40-38-36-34-32-30-28-26-20-18-16-14-12-10-8-6-4-2/h5,7,11,13,17,19-20,22-23,25-27,31,33,45,47-52,54-58H,3-4,6,8-10,12,14-16,18,21,24,28-30,32,34-44H2,1-2H3,(H,59,60)/b7-5-,13-11-,19-17-,23-22-,26-20-,27-25-,33-31-. The van der Waals surface area contributed by atoms with Gasteiger partial charge in [-0.1, -0.05) is 163 Å². The molecule has 0 aromatic rings. The summed E-state index contributed by atoms with van der Waals surface area (Å²) in [4.78, 5) is 23.2. The summed E-state index contributed by atoms with van der Waals surface area (Å²) in [5.74, 6) is -0.523. The zero-order valence-electron chi connectivity index (χ0n) is 40.0. The molecule has 1 aliphatic carbocycles. The Hall–Kier alpha value is -2.48. The highest BCUT2D eigenvalue weighted by molar-refractivity contribution is 7.47. The third-order valence-electron chi connectivity index (χ3n) is 11.0. The van der Waals surface area contributed by atoms with Gasteiger partial charge in [-0.3, -0.25) is 13.8 Å². The minimum absolute atomic E-state index is 0.103. The van der Waals surface area contributed by atoms with Gasteiger partial charge in [-0.2, -0.15) is 0 Å². The third kappa shape index (κ3) is 33.6. The lowest BCUT2D eigenvalue weighted by Crippen LogP contribution is -2.64. The Bertz CT molecular complexity index is 1390. The molecule has 12 nitrogen and oxygen atoms in total. The van der Waals surface area contributed by atoms with E-state index in [2.05, 4.69) is 98.9 Å². The van der Waals surface area contributed by atoms with Crippen molar-refractivity contribution in [1.82, 2.24) is 0 Å². The zero-order valence-corrected chi connectivity index (χ0v) is 40.9. The Morgan fingerprint density at radius 2 is 0.908 bits per heavy atom. The molecule has 0 radical (unpaired) electrons. The molecule has 0 aromatic carbocycles. The maximum absolute atomic E-state index is 12.8. The summed E-state index contributed by atoms with van der Waals surface area (Å²) >= 11 is 0. The summed E-state index contributed by atoms with van der Waals surface area (Å²) in [6, 6.07) is 0. The van der Waals surface area contributed by atoms with Crippen LogP contribution in [0.5, 0.6) is 0 Å². The van der Waals surface area contributed by atoms with Crippen LogP contribution in [0.3, 0.4) is 0 Å². The Morgan fingerprint density at radius 1 is 0.508 bits per heavy atom. The first-order valence-corrected chi connectivity index (χ1v) is 26.4. The van der Waals surface area contributed by atoms with Gasteiger partial charge in [0, 0.05) is 13.0 Å². The molecule has 1 fully saturated rings. The number of hydrogen-bond donors (Lipinski definition) is 6. The second-order valence-corrected chi connectivity index (χ2v) is 18.3. The fourth-order valence-electron chi connectivity index (χ4n) is 7.06. The van der Waals surface area contributed by atoms with Gasteiger partial charge in [0.1, 0.15) is 42.7 Å².